The van der Waals surface area contributed by atoms with Crippen molar-refractivity contribution >= 4 is 62.3 Å². The molecule has 0 aliphatic carbocycles. The Morgan fingerprint density at radius 1 is 0.881 bits per heavy atom. The predicted octanol–water partition coefficient (Wildman–Crippen LogP) is 7.18. The number of nitrogens with one attached hydrogen (secondary N) is 1. The van der Waals surface area contributed by atoms with Crippen molar-refractivity contribution in [3.8, 4) is 0 Å². The van der Waals surface area contributed by atoms with E-state index in [2.05, 4.69) is 5.32 Å². The summed E-state index contributed by atoms with van der Waals surface area (Å²) in [6.45, 7) is 8.68. The molecule has 42 heavy (non-hydrogen) atoms. The van der Waals surface area contributed by atoms with Crippen molar-refractivity contribution in [3.63, 3.8) is 0 Å². The Morgan fingerprint density at radius 3 is 2.14 bits per heavy atom. The van der Waals surface area contributed by atoms with Gasteiger partial charge in [0, 0.05) is 17.6 Å². The van der Waals surface area contributed by atoms with Gasteiger partial charge in [-0.05, 0) is 81.1 Å². The van der Waals surface area contributed by atoms with Gasteiger partial charge in [-0.1, -0.05) is 78.5 Å². The van der Waals surface area contributed by atoms with Gasteiger partial charge in [-0.25, -0.2) is 8.42 Å². The van der Waals surface area contributed by atoms with Crippen LogP contribution in [-0.4, -0.2) is 43.8 Å². The molecule has 7 nitrogen and oxygen atoms in total. The number of carbonyl (C=O) groups is 2. The number of benzene rings is 3. The normalized spacial score (nSPS) is 12.9. The van der Waals surface area contributed by atoms with Crippen LogP contribution in [-0.2, 0) is 26.2 Å². The molecule has 0 fully saturated rings. The third kappa shape index (κ3) is 8.19. The lowest BCUT2D eigenvalue weighted by atomic mass is 10.1. The van der Waals surface area contributed by atoms with Crippen LogP contribution in [0.5, 0.6) is 0 Å². The molecule has 11 heteroatoms. The fourth-order valence-corrected chi connectivity index (χ4v) is 6.35. The van der Waals surface area contributed by atoms with E-state index in [0.717, 1.165) is 9.87 Å². The van der Waals surface area contributed by atoms with Crippen LogP contribution in [0.2, 0.25) is 15.1 Å². The van der Waals surface area contributed by atoms with Crippen LogP contribution in [0.3, 0.4) is 0 Å². The van der Waals surface area contributed by atoms with Crippen LogP contribution in [0.25, 0.3) is 0 Å². The monoisotopic (exact) mass is 651 g/mol. The van der Waals surface area contributed by atoms with Gasteiger partial charge in [0.1, 0.15) is 12.6 Å². The zero-order chi connectivity index (χ0) is 31.2. The largest absolute Gasteiger partial charge is 0.352 e. The molecule has 226 valence electrons. The molecule has 0 saturated carbocycles. The molecule has 2 amide bonds. The second-order valence-electron chi connectivity index (χ2n) is 10.3. The van der Waals surface area contributed by atoms with Crippen molar-refractivity contribution in [1.29, 1.82) is 0 Å². The summed E-state index contributed by atoms with van der Waals surface area (Å²) in [5, 5.41) is 3.93. The highest BCUT2D eigenvalue weighted by molar-refractivity contribution is 7.92. The number of amides is 2. The Hall–Kier alpha value is -2.78. The van der Waals surface area contributed by atoms with E-state index in [9.17, 15) is 18.0 Å². The smallest absolute Gasteiger partial charge is 0.264 e. The number of nitrogens with zero attached hydrogens (tertiary/aromatic N) is 2. The minimum absolute atomic E-state index is 0.00903. The molecule has 3 aromatic carbocycles. The second-order valence-corrected chi connectivity index (χ2v) is 13.4. The summed E-state index contributed by atoms with van der Waals surface area (Å²) in [5.41, 5.74) is 2.41. The highest BCUT2D eigenvalue weighted by Gasteiger charge is 2.34. The van der Waals surface area contributed by atoms with Gasteiger partial charge < -0.3 is 10.2 Å². The molecular formula is C31H36Cl3N3O4S. The number of hydrogen-bond donors (Lipinski definition) is 1. The van der Waals surface area contributed by atoms with Gasteiger partial charge in [0.2, 0.25) is 11.8 Å². The Labute approximate surface area is 263 Å². The lowest BCUT2D eigenvalue weighted by molar-refractivity contribution is -0.140. The Balaban J connectivity index is 2.12. The van der Waals surface area contributed by atoms with E-state index in [4.69, 9.17) is 34.8 Å². The number of anilines is 1. The summed E-state index contributed by atoms with van der Waals surface area (Å²) in [6, 6.07) is 15.3. The zero-order valence-corrected chi connectivity index (χ0v) is 27.4. The summed E-state index contributed by atoms with van der Waals surface area (Å²) >= 11 is 18.7. The molecule has 1 N–H and O–H groups in total. The molecule has 0 aromatic heterocycles. The molecular weight excluding hydrogens is 617 g/mol. The van der Waals surface area contributed by atoms with Crippen molar-refractivity contribution in [2.45, 2.75) is 71.0 Å². The van der Waals surface area contributed by atoms with Gasteiger partial charge in [-0.3, -0.25) is 13.9 Å². The summed E-state index contributed by atoms with van der Waals surface area (Å²) in [7, 11) is -4.21. The van der Waals surface area contributed by atoms with Gasteiger partial charge in [-0.15, -0.1) is 0 Å². The fraction of sp³-hybridized carbons (Fsp3) is 0.355. The quantitative estimate of drug-likeness (QED) is 0.225. The van der Waals surface area contributed by atoms with E-state index in [-0.39, 0.29) is 29.1 Å². The average Bonchev–Trinajstić information content (AvgIpc) is 2.94. The van der Waals surface area contributed by atoms with Gasteiger partial charge in [0.15, 0.2) is 0 Å². The zero-order valence-electron chi connectivity index (χ0n) is 24.3. The van der Waals surface area contributed by atoms with Gasteiger partial charge in [0.25, 0.3) is 10.0 Å². The van der Waals surface area contributed by atoms with E-state index in [1.54, 1.807) is 56.3 Å². The Morgan fingerprint density at radius 2 is 1.55 bits per heavy atom. The Bertz CT molecular complexity index is 1530. The van der Waals surface area contributed by atoms with Gasteiger partial charge in [0.05, 0.1) is 20.6 Å². The molecule has 3 aromatic rings. The van der Waals surface area contributed by atoms with Crippen molar-refractivity contribution in [2.75, 3.05) is 10.8 Å². The van der Waals surface area contributed by atoms with E-state index in [1.165, 1.54) is 23.1 Å². The first-order valence-corrected chi connectivity index (χ1v) is 16.2. The number of rotatable bonds is 12. The summed E-state index contributed by atoms with van der Waals surface area (Å²) in [4.78, 5) is 29.0. The molecule has 0 radical (unpaired) electrons. The predicted molar refractivity (Wildman–Crippen MR) is 171 cm³/mol. The van der Waals surface area contributed by atoms with Crippen molar-refractivity contribution < 1.29 is 18.0 Å². The van der Waals surface area contributed by atoms with Crippen LogP contribution < -0.4 is 9.62 Å². The lowest BCUT2D eigenvalue weighted by Crippen LogP contribution is -2.53. The maximum atomic E-state index is 14.2. The third-order valence-electron chi connectivity index (χ3n) is 7.05. The van der Waals surface area contributed by atoms with Crippen LogP contribution in [0.4, 0.5) is 5.69 Å². The van der Waals surface area contributed by atoms with E-state index in [1.807, 2.05) is 20.8 Å². The lowest BCUT2D eigenvalue weighted by Gasteiger charge is -2.34. The van der Waals surface area contributed by atoms with Crippen LogP contribution in [0.15, 0.2) is 65.6 Å². The fourth-order valence-electron chi connectivity index (χ4n) is 4.40. The first-order valence-electron chi connectivity index (χ1n) is 13.7. The molecule has 0 aliphatic rings. The highest BCUT2D eigenvalue weighted by Crippen LogP contribution is 2.31. The Kier molecular flexibility index (Phi) is 11.7. The average molecular weight is 653 g/mol. The number of sulfonamides is 1. The van der Waals surface area contributed by atoms with E-state index < -0.39 is 28.5 Å². The van der Waals surface area contributed by atoms with Crippen LogP contribution in [0.1, 0.15) is 50.3 Å². The SMILES string of the molecule is CCC(C)NC(=O)C(CC)N(Cc1ccc(Cl)c(Cl)c1)C(=O)CN(c1cc(Cl)ccc1C)S(=O)(=O)c1ccc(C)cc1. The molecule has 0 saturated heterocycles. The molecule has 0 bridgehead atoms. The first-order chi connectivity index (χ1) is 19.8. The van der Waals surface area contributed by atoms with Crippen molar-refractivity contribution in [2.24, 2.45) is 0 Å². The van der Waals surface area contributed by atoms with Gasteiger partial charge >= 0.3 is 0 Å². The highest BCUT2D eigenvalue weighted by atomic mass is 35.5. The minimum atomic E-state index is -4.21. The van der Waals surface area contributed by atoms with Crippen molar-refractivity contribution in [3.05, 3.63) is 92.4 Å². The maximum absolute atomic E-state index is 14.2. The molecule has 0 spiro atoms. The maximum Gasteiger partial charge on any atom is 0.264 e. The first kappa shape index (κ1) is 33.7. The molecule has 3 rings (SSSR count). The summed E-state index contributed by atoms with van der Waals surface area (Å²) in [5.74, 6) is -0.894. The molecule has 2 atom stereocenters. The second kappa shape index (κ2) is 14.6. The van der Waals surface area contributed by atoms with Crippen molar-refractivity contribution in [1.82, 2.24) is 10.2 Å². The summed E-state index contributed by atoms with van der Waals surface area (Å²) in [6.07, 6.45) is 1.01. The van der Waals surface area contributed by atoms with Crippen LogP contribution >= 0.6 is 34.8 Å². The molecule has 0 heterocycles. The topological polar surface area (TPSA) is 86.8 Å². The molecule has 0 aliphatic heterocycles. The standard InChI is InChI=1S/C31H36Cl3N3O4S/c1-6-22(5)35-31(39)28(7-2)36(18-23-11-15-26(33)27(34)16-23)30(38)19-37(29-17-24(32)12-10-21(29)4)42(40,41)25-13-8-20(3)9-14-25/h8-17,22,28H,6-7,18-19H2,1-5H3,(H,35,39). The number of hydrogen-bond acceptors (Lipinski definition) is 4. The number of halogens is 3. The van der Waals surface area contributed by atoms with Gasteiger partial charge in [-0.2, -0.15) is 0 Å². The van der Waals surface area contributed by atoms with Crippen LogP contribution in [0, 0.1) is 13.8 Å². The number of carbonyl (C=O) groups excluding carboxylic acids is 2. The third-order valence-corrected chi connectivity index (χ3v) is 9.80. The minimum Gasteiger partial charge on any atom is -0.352 e. The summed E-state index contributed by atoms with van der Waals surface area (Å²) < 4.78 is 29.2. The van der Waals surface area contributed by atoms with E-state index >= 15 is 0 Å². The number of aryl methyl sites for hydroxylation is 2. The molecule has 2 unspecified atom stereocenters. The van der Waals surface area contributed by atoms with E-state index in [0.29, 0.717) is 39.0 Å².